The molecule has 1 aromatic carbocycles. The number of nitrogens with one attached hydrogen (secondary N) is 1. The number of hydrogen-bond donors (Lipinski definition) is 1. The molecule has 0 saturated carbocycles. The van der Waals surface area contributed by atoms with Crippen molar-refractivity contribution >= 4 is 21.4 Å². The number of aromatic nitrogens is 2. The van der Waals surface area contributed by atoms with Gasteiger partial charge >= 0.3 is 0 Å². The van der Waals surface area contributed by atoms with Crippen LogP contribution in [0.5, 0.6) is 0 Å². The van der Waals surface area contributed by atoms with Crippen LogP contribution in [-0.4, -0.2) is 49.0 Å². The van der Waals surface area contributed by atoms with Crippen LogP contribution in [0.15, 0.2) is 50.5 Å². The minimum atomic E-state index is -3.39. The molecule has 3 heterocycles. The summed E-state index contributed by atoms with van der Waals surface area (Å²) in [5, 5.41) is 5.71. The molecular formula is C17H18FN4O3S2+. The SMILES string of the molecule is O=S(=O)(c1cccs1)N1CC[NH+](Cc2nc(-c3ccc(F)cc3)no2)CC1. The second-order valence-electron chi connectivity index (χ2n) is 6.28. The lowest BCUT2D eigenvalue weighted by Crippen LogP contribution is -3.13. The van der Waals surface area contributed by atoms with E-state index in [-0.39, 0.29) is 5.82 Å². The third-order valence-electron chi connectivity index (χ3n) is 4.49. The molecule has 142 valence electrons. The standard InChI is InChI=1S/C17H17FN4O3S2/c18-14-5-3-13(4-6-14)17-19-15(25-20-17)12-21-7-9-22(10-8-21)27(23,24)16-2-1-11-26-16/h1-6,11H,7-10,12H2/p+1. The van der Waals surface area contributed by atoms with Gasteiger partial charge in [-0.2, -0.15) is 9.29 Å². The maximum absolute atomic E-state index is 13.0. The van der Waals surface area contributed by atoms with Gasteiger partial charge in [-0.3, -0.25) is 0 Å². The van der Waals surface area contributed by atoms with E-state index in [1.807, 2.05) is 0 Å². The molecule has 27 heavy (non-hydrogen) atoms. The fourth-order valence-corrected chi connectivity index (χ4v) is 5.60. The zero-order chi connectivity index (χ0) is 18.9. The Balaban J connectivity index is 1.37. The van der Waals surface area contributed by atoms with Crippen LogP contribution in [0.25, 0.3) is 11.4 Å². The monoisotopic (exact) mass is 409 g/mol. The molecule has 1 N–H and O–H groups in total. The van der Waals surface area contributed by atoms with Gasteiger partial charge in [0.2, 0.25) is 5.82 Å². The van der Waals surface area contributed by atoms with Gasteiger partial charge in [0, 0.05) is 5.56 Å². The molecule has 0 bridgehead atoms. The minimum absolute atomic E-state index is 0.317. The maximum Gasteiger partial charge on any atom is 0.282 e. The summed E-state index contributed by atoms with van der Waals surface area (Å²) in [4.78, 5) is 5.54. The van der Waals surface area contributed by atoms with Gasteiger partial charge in [0.05, 0.1) is 26.2 Å². The van der Waals surface area contributed by atoms with E-state index < -0.39 is 10.0 Å². The first kappa shape index (κ1) is 18.2. The van der Waals surface area contributed by atoms with Crippen LogP contribution >= 0.6 is 11.3 Å². The predicted octanol–water partition coefficient (Wildman–Crippen LogP) is 1.03. The van der Waals surface area contributed by atoms with Crippen molar-refractivity contribution < 1.29 is 22.2 Å². The Kier molecular flexibility index (Phi) is 5.04. The maximum atomic E-state index is 13.0. The molecule has 0 unspecified atom stereocenters. The summed E-state index contributed by atoms with van der Waals surface area (Å²) in [5.74, 6) is 0.587. The van der Waals surface area contributed by atoms with Crippen molar-refractivity contribution in [1.82, 2.24) is 14.4 Å². The minimum Gasteiger partial charge on any atom is -0.333 e. The first-order valence-corrected chi connectivity index (χ1v) is 10.8. The highest BCUT2D eigenvalue weighted by atomic mass is 32.2. The van der Waals surface area contributed by atoms with E-state index in [9.17, 15) is 12.8 Å². The van der Waals surface area contributed by atoms with Crippen molar-refractivity contribution in [3.63, 3.8) is 0 Å². The molecule has 0 radical (unpaired) electrons. The Bertz CT molecular complexity index is 995. The highest BCUT2D eigenvalue weighted by Crippen LogP contribution is 2.20. The number of hydrogen-bond acceptors (Lipinski definition) is 6. The molecule has 0 amide bonds. The molecule has 1 aliphatic rings. The van der Waals surface area contributed by atoms with Crippen LogP contribution in [0.3, 0.4) is 0 Å². The molecule has 3 aromatic rings. The second-order valence-corrected chi connectivity index (χ2v) is 9.39. The van der Waals surface area contributed by atoms with E-state index in [1.165, 1.54) is 32.7 Å². The van der Waals surface area contributed by atoms with Crippen LogP contribution in [-0.2, 0) is 16.6 Å². The third kappa shape index (κ3) is 3.93. The van der Waals surface area contributed by atoms with E-state index in [0.29, 0.717) is 54.2 Å². The zero-order valence-corrected chi connectivity index (χ0v) is 16.0. The van der Waals surface area contributed by atoms with E-state index in [4.69, 9.17) is 4.52 Å². The van der Waals surface area contributed by atoms with Crippen LogP contribution in [0.1, 0.15) is 5.89 Å². The van der Waals surface area contributed by atoms with Gasteiger partial charge in [-0.15, -0.1) is 11.3 Å². The summed E-state index contributed by atoms with van der Waals surface area (Å²) in [7, 11) is -3.39. The molecule has 1 saturated heterocycles. The summed E-state index contributed by atoms with van der Waals surface area (Å²) in [5.41, 5.74) is 0.688. The van der Waals surface area contributed by atoms with Gasteiger partial charge in [0.15, 0.2) is 6.54 Å². The number of halogens is 1. The normalized spacial score (nSPS) is 16.6. The topological polar surface area (TPSA) is 80.7 Å². The van der Waals surface area contributed by atoms with E-state index in [2.05, 4.69) is 10.1 Å². The smallest absolute Gasteiger partial charge is 0.282 e. The number of benzene rings is 1. The lowest BCUT2D eigenvalue weighted by molar-refractivity contribution is -0.918. The number of sulfonamides is 1. The van der Waals surface area contributed by atoms with E-state index >= 15 is 0 Å². The predicted molar refractivity (Wildman–Crippen MR) is 97.2 cm³/mol. The lowest BCUT2D eigenvalue weighted by atomic mass is 10.2. The third-order valence-corrected chi connectivity index (χ3v) is 7.76. The highest BCUT2D eigenvalue weighted by Gasteiger charge is 2.31. The Morgan fingerprint density at radius 1 is 1.19 bits per heavy atom. The van der Waals surface area contributed by atoms with Gasteiger partial charge in [-0.05, 0) is 35.7 Å². The van der Waals surface area contributed by atoms with Gasteiger partial charge in [-0.1, -0.05) is 11.2 Å². The fraction of sp³-hybridized carbons (Fsp3) is 0.294. The summed E-state index contributed by atoms with van der Waals surface area (Å²) < 4.78 is 45.3. The van der Waals surface area contributed by atoms with Crippen molar-refractivity contribution in [2.75, 3.05) is 26.2 Å². The van der Waals surface area contributed by atoms with E-state index in [0.717, 1.165) is 0 Å². The summed E-state index contributed by atoms with van der Waals surface area (Å²) in [6.07, 6.45) is 0. The van der Waals surface area contributed by atoms with Crippen molar-refractivity contribution in [2.24, 2.45) is 0 Å². The molecule has 1 fully saturated rings. The zero-order valence-electron chi connectivity index (χ0n) is 14.3. The first-order valence-electron chi connectivity index (χ1n) is 8.48. The summed E-state index contributed by atoms with van der Waals surface area (Å²) in [6.45, 7) is 2.77. The Morgan fingerprint density at radius 3 is 2.59 bits per heavy atom. The van der Waals surface area contributed by atoms with Crippen molar-refractivity contribution in [3.8, 4) is 11.4 Å². The average Bonchev–Trinajstić information content (AvgIpc) is 3.35. The van der Waals surface area contributed by atoms with Gasteiger partial charge in [-0.25, -0.2) is 12.8 Å². The molecule has 0 atom stereocenters. The molecule has 10 heteroatoms. The van der Waals surface area contributed by atoms with Crippen LogP contribution in [0.2, 0.25) is 0 Å². The van der Waals surface area contributed by atoms with Crippen molar-refractivity contribution in [2.45, 2.75) is 10.8 Å². The van der Waals surface area contributed by atoms with Gasteiger partial charge in [0.25, 0.3) is 15.9 Å². The van der Waals surface area contributed by atoms with Crippen LogP contribution in [0, 0.1) is 5.82 Å². The van der Waals surface area contributed by atoms with Crippen molar-refractivity contribution in [3.05, 3.63) is 53.5 Å². The fourth-order valence-electron chi connectivity index (χ4n) is 3.01. The largest absolute Gasteiger partial charge is 0.333 e. The Morgan fingerprint density at radius 2 is 1.93 bits per heavy atom. The Hall–Kier alpha value is -2.14. The molecule has 0 spiro atoms. The van der Waals surface area contributed by atoms with Gasteiger partial charge < -0.3 is 9.42 Å². The number of quaternary nitrogens is 1. The van der Waals surface area contributed by atoms with Crippen LogP contribution < -0.4 is 4.90 Å². The molecule has 7 nitrogen and oxygen atoms in total. The average molecular weight is 409 g/mol. The molecule has 0 aliphatic carbocycles. The van der Waals surface area contributed by atoms with Crippen molar-refractivity contribution in [1.29, 1.82) is 0 Å². The Labute approximate surface area is 160 Å². The molecular weight excluding hydrogens is 391 g/mol. The first-order chi connectivity index (χ1) is 13.0. The number of piperazine rings is 1. The molecule has 2 aromatic heterocycles. The summed E-state index contributed by atoms with van der Waals surface area (Å²) >= 11 is 1.24. The quantitative estimate of drug-likeness (QED) is 0.681. The molecule has 4 rings (SSSR count). The second kappa shape index (κ2) is 7.47. The van der Waals surface area contributed by atoms with Gasteiger partial charge in [0.1, 0.15) is 10.0 Å². The van der Waals surface area contributed by atoms with Crippen LogP contribution in [0.4, 0.5) is 4.39 Å². The number of nitrogens with zero attached hydrogens (tertiary/aromatic N) is 3. The number of thiophene rings is 1. The summed E-state index contributed by atoms with van der Waals surface area (Å²) in [6, 6.07) is 9.28. The lowest BCUT2D eigenvalue weighted by Gasteiger charge is -2.30. The highest BCUT2D eigenvalue weighted by molar-refractivity contribution is 7.91. The number of rotatable bonds is 5. The van der Waals surface area contributed by atoms with E-state index in [1.54, 1.807) is 29.6 Å². The molecule has 1 aliphatic heterocycles.